The number of nitrogens with one attached hydrogen (secondary N) is 1. The average molecular weight is 388 g/mol. The molecule has 1 N–H and O–H groups in total. The molecule has 1 aromatic carbocycles. The van der Waals surface area contributed by atoms with E-state index >= 15 is 0 Å². The average Bonchev–Trinajstić information content (AvgIpc) is 3.23. The zero-order chi connectivity index (χ0) is 20.4. The number of aromatic nitrogens is 3. The molecule has 148 valence electrons. The first-order valence-electron chi connectivity index (χ1n) is 9.91. The first kappa shape index (κ1) is 19.1. The van der Waals surface area contributed by atoms with Gasteiger partial charge in [-0.25, -0.2) is 4.98 Å². The molecule has 6 nitrogen and oxygen atoms in total. The molecule has 3 aromatic rings. The first-order valence-corrected chi connectivity index (χ1v) is 9.91. The summed E-state index contributed by atoms with van der Waals surface area (Å²) in [5.41, 5.74) is 3.30. The van der Waals surface area contributed by atoms with Crippen LogP contribution in [0.25, 0.3) is 11.3 Å². The lowest BCUT2D eigenvalue weighted by molar-refractivity contribution is -0.133. The van der Waals surface area contributed by atoms with Crippen molar-refractivity contribution in [2.75, 3.05) is 6.54 Å². The summed E-state index contributed by atoms with van der Waals surface area (Å²) in [4.78, 5) is 39.0. The van der Waals surface area contributed by atoms with Crippen molar-refractivity contribution in [3.8, 4) is 11.3 Å². The van der Waals surface area contributed by atoms with E-state index in [0.717, 1.165) is 24.0 Å². The van der Waals surface area contributed by atoms with Gasteiger partial charge in [-0.1, -0.05) is 29.8 Å². The number of hydrogen-bond acceptors (Lipinski definition) is 4. The zero-order valence-corrected chi connectivity index (χ0v) is 16.6. The molecule has 0 aliphatic carbocycles. The number of carbonyl (C=O) groups is 1. The number of rotatable bonds is 4. The molecule has 2 atom stereocenters. The number of nitrogens with zero attached hydrogens (tertiary/aromatic N) is 3. The minimum absolute atomic E-state index is 0.0609. The van der Waals surface area contributed by atoms with Crippen LogP contribution >= 0.6 is 0 Å². The van der Waals surface area contributed by atoms with Crippen LogP contribution in [-0.4, -0.2) is 32.3 Å². The van der Waals surface area contributed by atoms with Gasteiger partial charge in [0, 0.05) is 30.6 Å². The Kier molecular flexibility index (Phi) is 5.25. The first-order chi connectivity index (χ1) is 14.0. The van der Waals surface area contributed by atoms with Crippen LogP contribution in [0.5, 0.6) is 0 Å². The van der Waals surface area contributed by atoms with Crippen LogP contribution in [0.4, 0.5) is 0 Å². The van der Waals surface area contributed by atoms with Gasteiger partial charge in [-0.05, 0) is 44.4 Å². The normalized spacial score (nSPS) is 17.3. The van der Waals surface area contributed by atoms with E-state index in [1.807, 2.05) is 55.1 Å². The summed E-state index contributed by atoms with van der Waals surface area (Å²) in [6.07, 6.45) is 5.04. The molecule has 6 heteroatoms. The van der Waals surface area contributed by atoms with Gasteiger partial charge >= 0.3 is 0 Å². The van der Waals surface area contributed by atoms with E-state index in [4.69, 9.17) is 0 Å². The summed E-state index contributed by atoms with van der Waals surface area (Å²) in [6.45, 7) is 4.63. The van der Waals surface area contributed by atoms with E-state index in [0.29, 0.717) is 18.1 Å². The predicted octanol–water partition coefficient (Wildman–Crippen LogP) is 3.61. The maximum atomic E-state index is 13.3. The quantitative estimate of drug-likeness (QED) is 0.741. The molecule has 3 heterocycles. The molecule has 2 aromatic heterocycles. The van der Waals surface area contributed by atoms with Crippen LogP contribution in [0.2, 0.25) is 0 Å². The van der Waals surface area contributed by atoms with E-state index < -0.39 is 0 Å². The second-order valence-corrected chi connectivity index (χ2v) is 7.58. The monoisotopic (exact) mass is 388 g/mol. The van der Waals surface area contributed by atoms with Gasteiger partial charge in [0.2, 0.25) is 5.91 Å². The van der Waals surface area contributed by atoms with E-state index in [1.165, 1.54) is 11.6 Å². The Morgan fingerprint density at radius 2 is 2.03 bits per heavy atom. The highest BCUT2D eigenvalue weighted by Crippen LogP contribution is 2.33. The third-order valence-electron chi connectivity index (χ3n) is 5.52. The summed E-state index contributed by atoms with van der Waals surface area (Å²) >= 11 is 0. The Morgan fingerprint density at radius 1 is 1.24 bits per heavy atom. The number of aromatic amines is 1. The molecule has 0 saturated carbocycles. The molecule has 29 heavy (non-hydrogen) atoms. The summed E-state index contributed by atoms with van der Waals surface area (Å²) in [5.74, 6) is 0.355. The molecule has 1 amide bonds. The lowest BCUT2D eigenvalue weighted by Crippen LogP contribution is -2.35. The molecular weight excluding hydrogens is 364 g/mol. The van der Waals surface area contributed by atoms with Crippen LogP contribution in [0.15, 0.2) is 59.7 Å². The zero-order valence-electron chi connectivity index (χ0n) is 16.6. The Balaban J connectivity index is 1.63. The number of aryl methyl sites for hydroxylation is 1. The second kappa shape index (κ2) is 7.99. The van der Waals surface area contributed by atoms with E-state index in [2.05, 4.69) is 15.0 Å². The van der Waals surface area contributed by atoms with Gasteiger partial charge in [0.05, 0.1) is 17.7 Å². The van der Waals surface area contributed by atoms with E-state index in [1.54, 1.807) is 12.4 Å². The smallest absolute Gasteiger partial charge is 0.251 e. The number of carbonyl (C=O) groups excluding carboxylic acids is 1. The van der Waals surface area contributed by atoms with Gasteiger partial charge in [0.15, 0.2) is 0 Å². The van der Waals surface area contributed by atoms with Crippen molar-refractivity contribution in [2.45, 2.75) is 38.6 Å². The molecule has 1 aliphatic heterocycles. The molecule has 2 unspecified atom stereocenters. The standard InChI is InChI=1S/C23H24N4O2/c1-15-7-9-17(10-8-15)16(2)23(29)27-12-4-6-20(27)22-25-19(13-21(28)26-22)18-5-3-11-24-14-18/h3,5,7-11,13-14,16,20H,4,6,12H2,1-2H3,(H,25,26,28). The maximum Gasteiger partial charge on any atom is 0.251 e. The van der Waals surface area contributed by atoms with Crippen LogP contribution < -0.4 is 5.56 Å². The van der Waals surface area contributed by atoms with Crippen LogP contribution in [-0.2, 0) is 4.79 Å². The fraction of sp³-hybridized carbons (Fsp3) is 0.304. The lowest BCUT2D eigenvalue weighted by Gasteiger charge is -2.27. The number of H-pyrrole nitrogens is 1. The van der Waals surface area contributed by atoms with Crippen molar-refractivity contribution < 1.29 is 4.79 Å². The fourth-order valence-electron chi connectivity index (χ4n) is 3.86. The van der Waals surface area contributed by atoms with E-state index in [9.17, 15) is 9.59 Å². The Morgan fingerprint density at radius 3 is 2.76 bits per heavy atom. The van der Waals surface area contributed by atoms with Crippen molar-refractivity contribution in [2.24, 2.45) is 0 Å². The second-order valence-electron chi connectivity index (χ2n) is 7.58. The number of hydrogen-bond donors (Lipinski definition) is 1. The number of pyridine rings is 1. The molecule has 0 spiro atoms. The van der Waals surface area contributed by atoms with Crippen LogP contribution in [0, 0.1) is 6.92 Å². The molecule has 1 aliphatic rings. The van der Waals surface area contributed by atoms with Gasteiger partial charge < -0.3 is 9.88 Å². The summed E-state index contributed by atoms with van der Waals surface area (Å²) in [7, 11) is 0. The third-order valence-corrected chi connectivity index (χ3v) is 5.52. The largest absolute Gasteiger partial charge is 0.332 e. The van der Waals surface area contributed by atoms with Gasteiger partial charge in [-0.3, -0.25) is 14.6 Å². The lowest BCUT2D eigenvalue weighted by atomic mass is 9.98. The summed E-state index contributed by atoms with van der Waals surface area (Å²) in [5, 5.41) is 0. The SMILES string of the molecule is Cc1ccc(C(C)C(=O)N2CCCC2c2nc(-c3cccnc3)cc(=O)[nH]2)cc1. The van der Waals surface area contributed by atoms with Crippen molar-refractivity contribution in [3.63, 3.8) is 0 Å². The van der Waals surface area contributed by atoms with Crippen LogP contribution in [0.1, 0.15) is 48.7 Å². The number of likely N-dealkylation sites (tertiary alicyclic amines) is 1. The molecule has 1 fully saturated rings. The van der Waals surface area contributed by atoms with Crippen molar-refractivity contribution in [3.05, 3.63) is 82.2 Å². The predicted molar refractivity (Wildman–Crippen MR) is 111 cm³/mol. The van der Waals surface area contributed by atoms with Crippen molar-refractivity contribution in [1.82, 2.24) is 19.9 Å². The maximum absolute atomic E-state index is 13.3. The highest BCUT2D eigenvalue weighted by atomic mass is 16.2. The highest BCUT2D eigenvalue weighted by molar-refractivity contribution is 5.84. The Labute approximate surface area is 169 Å². The van der Waals surface area contributed by atoms with Crippen molar-refractivity contribution >= 4 is 5.91 Å². The van der Waals surface area contributed by atoms with Gasteiger partial charge in [-0.15, -0.1) is 0 Å². The van der Waals surface area contributed by atoms with Gasteiger partial charge in [-0.2, -0.15) is 0 Å². The Bertz CT molecular complexity index is 1060. The summed E-state index contributed by atoms with van der Waals surface area (Å²) < 4.78 is 0. The number of benzene rings is 1. The third kappa shape index (κ3) is 3.97. The molecule has 0 radical (unpaired) electrons. The van der Waals surface area contributed by atoms with Gasteiger partial charge in [0.25, 0.3) is 5.56 Å². The van der Waals surface area contributed by atoms with Crippen molar-refractivity contribution in [1.29, 1.82) is 0 Å². The van der Waals surface area contributed by atoms with Gasteiger partial charge in [0.1, 0.15) is 5.82 Å². The Hall–Kier alpha value is -3.28. The molecule has 1 saturated heterocycles. The molecule has 4 rings (SSSR count). The highest BCUT2D eigenvalue weighted by Gasteiger charge is 2.34. The minimum atomic E-state index is -0.246. The molecular formula is C23H24N4O2. The summed E-state index contributed by atoms with van der Waals surface area (Å²) in [6, 6.07) is 13.0. The minimum Gasteiger partial charge on any atom is -0.332 e. The molecule has 0 bridgehead atoms. The number of amides is 1. The topological polar surface area (TPSA) is 79.0 Å². The van der Waals surface area contributed by atoms with Crippen LogP contribution in [0.3, 0.4) is 0 Å². The fourth-order valence-corrected chi connectivity index (χ4v) is 3.86. The van der Waals surface area contributed by atoms with E-state index in [-0.39, 0.29) is 23.4 Å².